The number of sulfone groups is 1. The molecule has 0 aromatic rings. The number of nitrogens with one attached hydrogen (secondary N) is 1. The minimum atomic E-state index is -3.07. The molecule has 1 saturated heterocycles. The Morgan fingerprint density at radius 3 is 2.56 bits per heavy atom. The van der Waals surface area contributed by atoms with Crippen LogP contribution in [0.15, 0.2) is 0 Å². The SMILES string of the molecule is CC[C@@H](NC(=O)N1CCCS(=O)(=O)CC1)C(=O)O. The Labute approximate surface area is 106 Å². The highest BCUT2D eigenvalue weighted by atomic mass is 32.2. The van der Waals surface area contributed by atoms with Gasteiger partial charge in [0.05, 0.1) is 11.5 Å². The molecule has 8 heteroatoms. The first-order chi connectivity index (χ1) is 8.35. The fraction of sp³-hybridized carbons (Fsp3) is 0.800. The largest absolute Gasteiger partial charge is 0.480 e. The number of carboxylic acids is 1. The van der Waals surface area contributed by atoms with E-state index in [2.05, 4.69) is 5.32 Å². The average Bonchev–Trinajstić information content (AvgIpc) is 2.46. The Balaban J connectivity index is 2.59. The number of aliphatic carboxylic acids is 1. The molecule has 7 nitrogen and oxygen atoms in total. The predicted octanol–water partition coefficient (Wildman–Crippen LogP) is -0.320. The average molecular weight is 278 g/mol. The summed E-state index contributed by atoms with van der Waals surface area (Å²) in [6, 6.07) is -1.45. The van der Waals surface area contributed by atoms with Gasteiger partial charge in [-0.2, -0.15) is 0 Å². The standard InChI is InChI=1S/C10H18N2O5S/c1-2-8(9(13)14)11-10(15)12-4-3-6-18(16,17)7-5-12/h8H,2-7H2,1H3,(H,11,15)(H,13,14)/t8-/m1/s1. The third kappa shape index (κ3) is 4.17. The second-order valence-corrected chi connectivity index (χ2v) is 6.54. The number of hydrogen-bond donors (Lipinski definition) is 2. The lowest BCUT2D eigenvalue weighted by atomic mass is 10.2. The van der Waals surface area contributed by atoms with Gasteiger partial charge in [0, 0.05) is 13.1 Å². The van der Waals surface area contributed by atoms with Crippen LogP contribution in [0.3, 0.4) is 0 Å². The number of nitrogens with zero attached hydrogens (tertiary/aromatic N) is 1. The minimum Gasteiger partial charge on any atom is -0.480 e. The van der Waals surface area contributed by atoms with E-state index >= 15 is 0 Å². The summed E-state index contributed by atoms with van der Waals surface area (Å²) in [5.74, 6) is -1.08. The molecule has 0 aromatic heterocycles. The maximum atomic E-state index is 11.8. The third-order valence-electron chi connectivity index (χ3n) is 2.85. The van der Waals surface area contributed by atoms with Crippen LogP contribution in [0.5, 0.6) is 0 Å². The van der Waals surface area contributed by atoms with Gasteiger partial charge in [-0.1, -0.05) is 6.92 Å². The quantitative estimate of drug-likeness (QED) is 0.736. The highest BCUT2D eigenvalue weighted by Gasteiger charge is 2.25. The first-order valence-corrected chi connectivity index (χ1v) is 7.66. The maximum Gasteiger partial charge on any atom is 0.326 e. The first-order valence-electron chi connectivity index (χ1n) is 5.84. The Morgan fingerprint density at radius 2 is 2.00 bits per heavy atom. The van der Waals surface area contributed by atoms with E-state index in [1.54, 1.807) is 6.92 Å². The number of carboxylic acid groups (broad SMARTS) is 1. The molecule has 0 saturated carbocycles. The van der Waals surface area contributed by atoms with Gasteiger partial charge in [-0.15, -0.1) is 0 Å². The molecule has 1 heterocycles. The summed E-state index contributed by atoms with van der Waals surface area (Å²) in [6.45, 7) is 2.11. The molecule has 1 fully saturated rings. The molecular formula is C10H18N2O5S. The molecule has 0 unspecified atom stereocenters. The van der Waals surface area contributed by atoms with Gasteiger partial charge in [0.1, 0.15) is 6.04 Å². The van der Waals surface area contributed by atoms with E-state index in [1.165, 1.54) is 4.90 Å². The van der Waals surface area contributed by atoms with Crippen molar-refractivity contribution in [2.75, 3.05) is 24.6 Å². The molecule has 0 aliphatic carbocycles. The van der Waals surface area contributed by atoms with Gasteiger partial charge >= 0.3 is 12.0 Å². The Hall–Kier alpha value is -1.31. The number of carbonyl (C=O) groups is 2. The molecule has 1 aliphatic heterocycles. The lowest BCUT2D eigenvalue weighted by molar-refractivity contribution is -0.139. The Bertz CT molecular complexity index is 420. The lowest BCUT2D eigenvalue weighted by Gasteiger charge is -2.22. The second kappa shape index (κ2) is 6.03. The molecule has 2 N–H and O–H groups in total. The summed E-state index contributed by atoms with van der Waals surface area (Å²) in [5, 5.41) is 11.2. The summed E-state index contributed by atoms with van der Waals surface area (Å²) in [6.07, 6.45) is 0.673. The van der Waals surface area contributed by atoms with Gasteiger partial charge in [0.25, 0.3) is 0 Å². The Morgan fingerprint density at radius 1 is 1.33 bits per heavy atom. The number of hydrogen-bond acceptors (Lipinski definition) is 4. The van der Waals surface area contributed by atoms with Crippen LogP contribution in [0, 0.1) is 0 Å². The van der Waals surface area contributed by atoms with Crippen LogP contribution in [-0.2, 0) is 14.6 Å². The van der Waals surface area contributed by atoms with Gasteiger partial charge in [0.2, 0.25) is 0 Å². The number of amides is 2. The van der Waals surface area contributed by atoms with Crippen LogP contribution in [0.4, 0.5) is 4.79 Å². The van der Waals surface area contributed by atoms with Gasteiger partial charge in [0.15, 0.2) is 9.84 Å². The molecule has 1 rings (SSSR count). The van der Waals surface area contributed by atoms with Gasteiger partial charge < -0.3 is 15.3 Å². The Kier molecular flexibility index (Phi) is 4.94. The molecular weight excluding hydrogens is 260 g/mol. The van der Waals surface area contributed by atoms with E-state index in [-0.39, 0.29) is 24.5 Å². The number of rotatable bonds is 3. The molecule has 0 bridgehead atoms. The molecule has 1 atom stereocenters. The van der Waals surface area contributed by atoms with E-state index in [9.17, 15) is 18.0 Å². The first kappa shape index (κ1) is 14.7. The topological polar surface area (TPSA) is 104 Å². The highest BCUT2D eigenvalue weighted by molar-refractivity contribution is 7.91. The molecule has 104 valence electrons. The molecule has 1 aliphatic rings. The summed E-state index contributed by atoms with van der Waals surface area (Å²) >= 11 is 0. The summed E-state index contributed by atoms with van der Waals surface area (Å²) < 4.78 is 22.7. The van der Waals surface area contributed by atoms with Crippen molar-refractivity contribution in [2.24, 2.45) is 0 Å². The van der Waals surface area contributed by atoms with E-state index in [1.807, 2.05) is 0 Å². The zero-order valence-electron chi connectivity index (χ0n) is 10.3. The van der Waals surface area contributed by atoms with Crippen molar-refractivity contribution in [1.29, 1.82) is 0 Å². The van der Waals surface area contributed by atoms with Gasteiger partial charge in [-0.05, 0) is 12.8 Å². The molecule has 0 spiro atoms. The molecule has 0 aromatic carbocycles. The van der Waals surface area contributed by atoms with E-state index in [4.69, 9.17) is 5.11 Å². The van der Waals surface area contributed by atoms with Crippen molar-refractivity contribution in [3.63, 3.8) is 0 Å². The zero-order chi connectivity index (χ0) is 13.8. The second-order valence-electron chi connectivity index (χ2n) is 4.24. The highest BCUT2D eigenvalue weighted by Crippen LogP contribution is 2.05. The van der Waals surface area contributed by atoms with Crippen molar-refractivity contribution < 1.29 is 23.1 Å². The lowest BCUT2D eigenvalue weighted by Crippen LogP contribution is -2.48. The van der Waals surface area contributed by atoms with Crippen LogP contribution in [0.1, 0.15) is 19.8 Å². The van der Waals surface area contributed by atoms with Gasteiger partial charge in [-0.25, -0.2) is 18.0 Å². The smallest absolute Gasteiger partial charge is 0.326 e. The summed E-state index contributed by atoms with van der Waals surface area (Å²) in [4.78, 5) is 23.9. The third-order valence-corrected chi connectivity index (χ3v) is 4.56. The minimum absolute atomic E-state index is 0.0652. The van der Waals surface area contributed by atoms with Crippen molar-refractivity contribution >= 4 is 21.8 Å². The monoisotopic (exact) mass is 278 g/mol. The van der Waals surface area contributed by atoms with Crippen LogP contribution < -0.4 is 5.32 Å². The van der Waals surface area contributed by atoms with Crippen molar-refractivity contribution in [3.8, 4) is 0 Å². The number of carbonyl (C=O) groups excluding carboxylic acids is 1. The van der Waals surface area contributed by atoms with Crippen LogP contribution in [0.25, 0.3) is 0 Å². The van der Waals surface area contributed by atoms with Gasteiger partial charge in [-0.3, -0.25) is 0 Å². The fourth-order valence-corrected chi connectivity index (χ4v) is 2.99. The summed E-state index contributed by atoms with van der Waals surface area (Å²) in [5.41, 5.74) is 0. The normalized spacial score (nSPS) is 20.8. The molecule has 18 heavy (non-hydrogen) atoms. The van der Waals surface area contributed by atoms with Crippen molar-refractivity contribution in [3.05, 3.63) is 0 Å². The summed E-state index contributed by atoms with van der Waals surface area (Å²) in [7, 11) is -3.07. The predicted molar refractivity (Wildman–Crippen MR) is 65.1 cm³/mol. The van der Waals surface area contributed by atoms with Crippen molar-refractivity contribution in [1.82, 2.24) is 10.2 Å². The molecule has 2 amide bonds. The van der Waals surface area contributed by atoms with Crippen LogP contribution >= 0.6 is 0 Å². The van der Waals surface area contributed by atoms with Crippen LogP contribution in [-0.4, -0.2) is 61.1 Å². The fourth-order valence-electron chi connectivity index (χ4n) is 1.72. The zero-order valence-corrected chi connectivity index (χ0v) is 11.1. The van der Waals surface area contributed by atoms with E-state index in [0.29, 0.717) is 13.0 Å². The molecule has 0 radical (unpaired) electrons. The maximum absolute atomic E-state index is 11.8. The van der Waals surface area contributed by atoms with Crippen molar-refractivity contribution in [2.45, 2.75) is 25.8 Å². The van der Waals surface area contributed by atoms with E-state index in [0.717, 1.165) is 0 Å². The van der Waals surface area contributed by atoms with E-state index < -0.39 is 27.9 Å². The number of urea groups is 1. The van der Waals surface area contributed by atoms with Crippen LogP contribution in [0.2, 0.25) is 0 Å².